The van der Waals surface area contributed by atoms with Gasteiger partial charge in [0.2, 0.25) is 0 Å². The van der Waals surface area contributed by atoms with E-state index in [9.17, 15) is 9.59 Å². The topological polar surface area (TPSA) is 96.0 Å². The van der Waals surface area contributed by atoms with E-state index < -0.39 is 0 Å². The van der Waals surface area contributed by atoms with Crippen molar-refractivity contribution in [3.8, 4) is 0 Å². The molecule has 0 fully saturated rings. The molecule has 66 heavy (non-hydrogen) atoms. The van der Waals surface area contributed by atoms with Gasteiger partial charge in [0.15, 0.2) is 12.6 Å². The van der Waals surface area contributed by atoms with E-state index in [2.05, 4.69) is 100 Å². The van der Waals surface area contributed by atoms with Crippen LogP contribution in [0.1, 0.15) is 182 Å². The minimum absolute atomic E-state index is 0.138. The SMILES string of the molecule is CC/C=C\CCCCOC(CCCC(=O)OCCCN(C)CCSSCCN(C)CCCOC(=O)CCCC(OCCCC/C=C\CC)OCCCC/C=C\CC)OCCCC/C=C\CC. The zero-order chi connectivity index (χ0) is 48.2. The van der Waals surface area contributed by atoms with Crippen molar-refractivity contribution in [1.29, 1.82) is 0 Å². The van der Waals surface area contributed by atoms with Gasteiger partial charge in [0.25, 0.3) is 0 Å². The number of hydrogen-bond acceptors (Lipinski definition) is 12. The number of allylic oxidation sites excluding steroid dienone is 8. The first-order chi connectivity index (χ1) is 32.4. The highest BCUT2D eigenvalue weighted by Crippen LogP contribution is 2.21. The number of esters is 2. The van der Waals surface area contributed by atoms with Gasteiger partial charge in [0, 0.05) is 77.0 Å². The number of rotatable bonds is 51. The van der Waals surface area contributed by atoms with Crippen LogP contribution in [0.3, 0.4) is 0 Å². The summed E-state index contributed by atoms with van der Waals surface area (Å²) in [6.45, 7) is 16.1. The van der Waals surface area contributed by atoms with Crippen LogP contribution in [0, 0.1) is 0 Å². The minimum atomic E-state index is -0.261. The molecule has 0 radical (unpaired) electrons. The number of carbonyl (C=O) groups excluding carboxylic acids is 2. The van der Waals surface area contributed by atoms with Gasteiger partial charge in [-0.2, -0.15) is 0 Å². The van der Waals surface area contributed by atoms with E-state index >= 15 is 0 Å². The Balaban J connectivity index is 4.07. The van der Waals surface area contributed by atoms with Crippen LogP contribution in [0.25, 0.3) is 0 Å². The second-order valence-corrected chi connectivity index (χ2v) is 19.7. The molecule has 0 unspecified atom stereocenters. The first-order valence-corrected chi connectivity index (χ1v) is 28.8. The third-order valence-electron chi connectivity index (χ3n) is 10.6. The van der Waals surface area contributed by atoms with Crippen LogP contribution >= 0.6 is 21.6 Å². The Labute approximate surface area is 413 Å². The van der Waals surface area contributed by atoms with Crippen molar-refractivity contribution in [3.63, 3.8) is 0 Å². The van der Waals surface area contributed by atoms with Gasteiger partial charge in [-0.25, -0.2) is 0 Å². The van der Waals surface area contributed by atoms with Crippen molar-refractivity contribution in [2.24, 2.45) is 0 Å². The molecule has 0 aliphatic rings. The maximum atomic E-state index is 12.5. The maximum Gasteiger partial charge on any atom is 0.305 e. The van der Waals surface area contributed by atoms with E-state index in [4.69, 9.17) is 28.4 Å². The van der Waals surface area contributed by atoms with E-state index in [1.54, 1.807) is 0 Å². The lowest BCUT2D eigenvalue weighted by molar-refractivity contribution is -0.152. The molecular formula is C54H100N2O8S2. The molecule has 0 bridgehead atoms. The number of carbonyl (C=O) groups is 2. The van der Waals surface area contributed by atoms with Gasteiger partial charge in [0.1, 0.15) is 0 Å². The standard InChI is InChI=1S/C54H100N2O8S2/c1-7-11-15-19-23-27-43-61-53(62-44-28-24-20-16-12-8-2)37-31-35-51(57)59-47-33-39-55(5)41-49-65-66-50-42-56(6)40-34-48-60-52(58)36-32-38-54(63-45-29-25-21-17-13-9-3)64-46-30-26-22-18-14-10-4/h11-18,53-54H,7-10,19-50H2,1-6H3/b15-11-,16-12-,17-13-,18-14-. The van der Waals surface area contributed by atoms with Gasteiger partial charge in [-0.3, -0.25) is 9.59 Å². The first-order valence-electron chi connectivity index (χ1n) is 26.3. The number of unbranched alkanes of at least 4 members (excludes halogenated alkanes) is 8. The predicted molar refractivity (Wildman–Crippen MR) is 283 cm³/mol. The molecule has 0 heterocycles. The van der Waals surface area contributed by atoms with Crippen molar-refractivity contribution in [2.75, 3.05) is 91.4 Å². The van der Waals surface area contributed by atoms with E-state index in [-0.39, 0.29) is 24.5 Å². The number of nitrogens with zero attached hydrogens (tertiary/aromatic N) is 2. The average Bonchev–Trinajstić information content (AvgIpc) is 3.31. The Morgan fingerprint density at radius 2 is 0.727 bits per heavy atom. The number of ether oxygens (including phenoxy) is 6. The summed E-state index contributed by atoms with van der Waals surface area (Å²) in [5.74, 6) is 1.82. The van der Waals surface area contributed by atoms with Crippen LogP contribution in [-0.4, -0.2) is 126 Å². The summed E-state index contributed by atoms with van der Waals surface area (Å²) < 4.78 is 35.5. The van der Waals surface area contributed by atoms with Crippen molar-refractivity contribution >= 4 is 33.5 Å². The van der Waals surface area contributed by atoms with Crippen LogP contribution in [-0.2, 0) is 38.0 Å². The fraction of sp³-hybridized carbons (Fsp3) is 0.815. The molecule has 12 heteroatoms. The second-order valence-electron chi connectivity index (χ2n) is 17.0. The van der Waals surface area contributed by atoms with Crippen molar-refractivity contribution in [1.82, 2.24) is 9.80 Å². The zero-order valence-electron chi connectivity index (χ0n) is 43.2. The Hall–Kier alpha value is -1.64. The minimum Gasteiger partial charge on any atom is -0.466 e. The molecule has 0 aromatic rings. The lowest BCUT2D eigenvalue weighted by Gasteiger charge is -2.19. The highest BCUT2D eigenvalue weighted by Gasteiger charge is 2.14. The van der Waals surface area contributed by atoms with Crippen molar-refractivity contribution < 1.29 is 38.0 Å². The fourth-order valence-electron chi connectivity index (χ4n) is 6.62. The van der Waals surface area contributed by atoms with Crippen LogP contribution in [0.15, 0.2) is 48.6 Å². The monoisotopic (exact) mass is 969 g/mol. The smallest absolute Gasteiger partial charge is 0.305 e. The van der Waals surface area contributed by atoms with Gasteiger partial charge in [0.05, 0.1) is 13.2 Å². The van der Waals surface area contributed by atoms with Gasteiger partial charge < -0.3 is 38.2 Å². The molecule has 386 valence electrons. The number of hydrogen-bond donors (Lipinski definition) is 0. The van der Waals surface area contributed by atoms with Crippen molar-refractivity contribution in [3.05, 3.63) is 48.6 Å². The van der Waals surface area contributed by atoms with Gasteiger partial charge in [-0.05, 0) is 155 Å². The predicted octanol–water partition coefficient (Wildman–Crippen LogP) is 13.7. The third-order valence-corrected chi connectivity index (χ3v) is 13.0. The summed E-state index contributed by atoms with van der Waals surface area (Å²) in [7, 11) is 8.06. The summed E-state index contributed by atoms with van der Waals surface area (Å²) in [6, 6.07) is 0. The second kappa shape index (κ2) is 52.7. The van der Waals surface area contributed by atoms with Gasteiger partial charge in [-0.1, -0.05) is 97.9 Å². The molecular weight excluding hydrogens is 869 g/mol. The van der Waals surface area contributed by atoms with Gasteiger partial charge in [-0.15, -0.1) is 0 Å². The Morgan fingerprint density at radius 3 is 1.03 bits per heavy atom. The molecule has 0 spiro atoms. The Bertz CT molecular complexity index is 1040. The summed E-state index contributed by atoms with van der Waals surface area (Å²) in [5.41, 5.74) is 0. The summed E-state index contributed by atoms with van der Waals surface area (Å²) in [6.07, 6.45) is 39.7. The Kier molecular flexibility index (Phi) is 51.4. The van der Waals surface area contributed by atoms with E-state index in [0.717, 1.165) is 153 Å². The summed E-state index contributed by atoms with van der Waals surface area (Å²) in [5, 5.41) is 0. The molecule has 0 N–H and O–H groups in total. The summed E-state index contributed by atoms with van der Waals surface area (Å²) in [4.78, 5) is 29.5. The lowest BCUT2D eigenvalue weighted by Crippen LogP contribution is -2.24. The molecule has 0 aliphatic carbocycles. The van der Waals surface area contributed by atoms with E-state index in [1.807, 2.05) is 21.6 Å². The van der Waals surface area contributed by atoms with Crippen LogP contribution in [0.2, 0.25) is 0 Å². The lowest BCUT2D eigenvalue weighted by atomic mass is 10.2. The highest BCUT2D eigenvalue weighted by atomic mass is 33.1. The maximum absolute atomic E-state index is 12.5. The molecule has 0 aromatic carbocycles. The van der Waals surface area contributed by atoms with E-state index in [0.29, 0.717) is 78.2 Å². The highest BCUT2D eigenvalue weighted by molar-refractivity contribution is 8.76. The summed E-state index contributed by atoms with van der Waals surface area (Å²) >= 11 is 0. The zero-order valence-corrected chi connectivity index (χ0v) is 44.8. The molecule has 10 nitrogen and oxygen atoms in total. The normalized spacial score (nSPS) is 12.3. The molecule has 0 rings (SSSR count). The third kappa shape index (κ3) is 48.8. The van der Waals surface area contributed by atoms with Crippen LogP contribution < -0.4 is 0 Å². The van der Waals surface area contributed by atoms with Gasteiger partial charge >= 0.3 is 11.9 Å². The van der Waals surface area contributed by atoms with E-state index in [1.165, 1.54) is 0 Å². The molecule has 0 aromatic heterocycles. The van der Waals surface area contributed by atoms with Crippen LogP contribution in [0.5, 0.6) is 0 Å². The molecule has 0 saturated carbocycles. The molecule has 0 aliphatic heterocycles. The molecule has 0 amide bonds. The average molecular weight is 970 g/mol. The Morgan fingerprint density at radius 1 is 0.409 bits per heavy atom. The quantitative estimate of drug-likeness (QED) is 0.0191. The van der Waals surface area contributed by atoms with Crippen LogP contribution in [0.4, 0.5) is 0 Å². The molecule has 0 saturated heterocycles. The fourth-order valence-corrected chi connectivity index (χ4v) is 8.79. The van der Waals surface area contributed by atoms with Crippen molar-refractivity contribution in [2.45, 2.75) is 194 Å². The first kappa shape index (κ1) is 64.4. The largest absolute Gasteiger partial charge is 0.466 e. The molecule has 0 atom stereocenters.